The molecule has 0 aliphatic carbocycles. The number of hydrogen-bond donors (Lipinski definition) is 0. The van der Waals surface area contributed by atoms with Crippen LogP contribution in [0.2, 0.25) is 0 Å². The Morgan fingerprint density at radius 2 is 0.946 bits per heavy atom. The Morgan fingerprint density at radius 3 is 1.49 bits per heavy atom. The van der Waals surface area contributed by atoms with Crippen LogP contribution in [0.5, 0.6) is 0 Å². The van der Waals surface area contributed by atoms with E-state index in [1.165, 1.54) is 0 Å². The average molecular weight is 475 g/mol. The van der Waals surface area contributed by atoms with E-state index in [2.05, 4.69) is 76.1 Å². The van der Waals surface area contributed by atoms with E-state index in [0.29, 0.717) is 11.5 Å². The van der Waals surface area contributed by atoms with Gasteiger partial charge in [-0.1, -0.05) is 127 Å². The highest BCUT2D eigenvalue weighted by atomic mass is 15.3. The Morgan fingerprint density at radius 1 is 0.486 bits per heavy atom. The van der Waals surface area contributed by atoms with Crippen LogP contribution in [-0.2, 0) is 0 Å². The fraction of sp³-hybridized carbons (Fsp3) is 0. The molecule has 0 aliphatic rings. The van der Waals surface area contributed by atoms with Gasteiger partial charge in [0.05, 0.1) is 12.3 Å². The zero-order valence-electron chi connectivity index (χ0n) is 20.0. The van der Waals surface area contributed by atoms with Gasteiger partial charge in [-0.25, -0.2) is 4.85 Å². The summed E-state index contributed by atoms with van der Waals surface area (Å²) in [6.07, 6.45) is 0. The summed E-state index contributed by atoms with van der Waals surface area (Å²) in [5.74, 6) is 1.43. The van der Waals surface area contributed by atoms with Crippen LogP contribution in [0.3, 0.4) is 0 Å². The van der Waals surface area contributed by atoms with Gasteiger partial charge in [0.15, 0.2) is 17.3 Å². The molecule has 0 aliphatic heterocycles. The van der Waals surface area contributed by atoms with Crippen LogP contribution >= 0.6 is 0 Å². The quantitative estimate of drug-likeness (QED) is 0.235. The first-order valence-electron chi connectivity index (χ1n) is 12.1. The van der Waals surface area contributed by atoms with Gasteiger partial charge >= 0.3 is 0 Å². The van der Waals surface area contributed by atoms with Gasteiger partial charge in [0, 0.05) is 22.3 Å². The maximum atomic E-state index is 7.54. The van der Waals surface area contributed by atoms with E-state index in [0.717, 1.165) is 44.9 Å². The van der Waals surface area contributed by atoms with Crippen molar-refractivity contribution >= 4 is 5.69 Å². The molecule has 5 aromatic carbocycles. The van der Waals surface area contributed by atoms with Crippen LogP contribution in [0.1, 0.15) is 0 Å². The molecule has 0 amide bonds. The summed E-state index contributed by atoms with van der Waals surface area (Å²) in [4.78, 5) is 3.65. The summed E-state index contributed by atoms with van der Waals surface area (Å²) in [6, 6.07) is 44.8. The Hall–Kier alpha value is -5.27. The highest BCUT2D eigenvalue weighted by molar-refractivity contribution is 5.88. The van der Waals surface area contributed by atoms with Crippen LogP contribution in [0.4, 0.5) is 5.69 Å². The normalized spacial score (nSPS) is 10.7. The van der Waals surface area contributed by atoms with Crippen molar-refractivity contribution in [2.75, 3.05) is 0 Å². The summed E-state index contributed by atoms with van der Waals surface area (Å²) in [5, 5.41) is 9.39. The largest absolute Gasteiger partial charge is 0.274 e. The van der Waals surface area contributed by atoms with Crippen molar-refractivity contribution in [2.24, 2.45) is 0 Å². The molecule has 1 heterocycles. The lowest BCUT2D eigenvalue weighted by Gasteiger charge is -2.20. The molecule has 4 nitrogen and oxygen atoms in total. The second-order valence-corrected chi connectivity index (χ2v) is 8.64. The molecule has 4 heteroatoms. The molecule has 6 aromatic rings. The number of benzene rings is 5. The molecule has 0 spiro atoms. The predicted molar refractivity (Wildman–Crippen MR) is 149 cm³/mol. The first-order valence-corrected chi connectivity index (χ1v) is 12.1. The minimum atomic E-state index is 0.563. The van der Waals surface area contributed by atoms with Crippen molar-refractivity contribution in [2.45, 2.75) is 0 Å². The monoisotopic (exact) mass is 474 g/mol. The average Bonchev–Trinajstić information content (AvgIpc) is 3.43. The molecule has 6 rings (SSSR count). The van der Waals surface area contributed by atoms with Gasteiger partial charge in [0.25, 0.3) is 0 Å². The number of hydrogen-bond acceptors (Lipinski definition) is 2. The maximum Gasteiger partial charge on any atom is 0.187 e. The van der Waals surface area contributed by atoms with Gasteiger partial charge in [0.1, 0.15) is 0 Å². The third-order valence-electron chi connectivity index (χ3n) is 6.36. The van der Waals surface area contributed by atoms with E-state index in [1.807, 2.05) is 66.7 Å². The zero-order valence-corrected chi connectivity index (χ0v) is 20.0. The topological polar surface area (TPSA) is 35.1 Å². The van der Waals surface area contributed by atoms with Crippen molar-refractivity contribution in [1.82, 2.24) is 14.8 Å². The molecule has 1 aromatic heterocycles. The Labute approximate surface area is 216 Å². The second-order valence-electron chi connectivity index (χ2n) is 8.64. The lowest BCUT2D eigenvalue weighted by molar-refractivity contribution is 1.08. The first kappa shape index (κ1) is 22.2. The molecule has 0 unspecified atom stereocenters. The molecule has 174 valence electrons. The zero-order chi connectivity index (χ0) is 25.0. The number of para-hydroxylation sites is 1. The second kappa shape index (κ2) is 9.77. The minimum absolute atomic E-state index is 0.563. The summed E-state index contributed by atoms with van der Waals surface area (Å²) in [7, 11) is 0. The van der Waals surface area contributed by atoms with Crippen molar-refractivity contribution in [1.29, 1.82) is 0 Å². The molecule has 0 atom stereocenters. The van der Waals surface area contributed by atoms with E-state index >= 15 is 0 Å². The Bertz CT molecular complexity index is 1660. The van der Waals surface area contributed by atoms with Crippen LogP contribution in [-0.4, -0.2) is 14.8 Å². The van der Waals surface area contributed by atoms with Crippen molar-refractivity contribution in [3.8, 4) is 50.7 Å². The van der Waals surface area contributed by atoms with Gasteiger partial charge in [0.2, 0.25) is 0 Å². The molecule has 0 radical (unpaired) electrons. The van der Waals surface area contributed by atoms with Crippen molar-refractivity contribution < 1.29 is 0 Å². The SMILES string of the molecule is [C-]#[N+]c1cccc(-c2nnc(-c3ccccc3)n2-c2c(-c3ccccc3)cccc2-c2ccccc2)c1. The highest BCUT2D eigenvalue weighted by Crippen LogP contribution is 2.40. The molecular weight excluding hydrogens is 452 g/mol. The minimum Gasteiger partial charge on any atom is -0.274 e. The summed E-state index contributed by atoms with van der Waals surface area (Å²) in [5.41, 5.74) is 7.70. The molecular formula is C33H22N4. The predicted octanol–water partition coefficient (Wildman–Crippen LogP) is 8.49. The third-order valence-corrected chi connectivity index (χ3v) is 6.36. The van der Waals surface area contributed by atoms with Crippen LogP contribution in [0.15, 0.2) is 133 Å². The number of rotatable bonds is 5. The fourth-order valence-corrected chi connectivity index (χ4v) is 4.66. The third kappa shape index (κ3) is 4.20. The van der Waals surface area contributed by atoms with Gasteiger partial charge in [-0.3, -0.25) is 4.57 Å². The lowest BCUT2D eigenvalue weighted by Crippen LogP contribution is -2.05. The molecule has 0 saturated heterocycles. The van der Waals surface area contributed by atoms with E-state index in [4.69, 9.17) is 16.8 Å². The van der Waals surface area contributed by atoms with E-state index in [-0.39, 0.29) is 0 Å². The van der Waals surface area contributed by atoms with Gasteiger partial charge < -0.3 is 0 Å². The highest BCUT2D eigenvalue weighted by Gasteiger charge is 2.23. The van der Waals surface area contributed by atoms with Crippen LogP contribution in [0, 0.1) is 6.57 Å². The molecule has 0 bridgehead atoms. The van der Waals surface area contributed by atoms with Crippen LogP contribution < -0.4 is 0 Å². The molecule has 0 N–H and O–H groups in total. The van der Waals surface area contributed by atoms with E-state index in [9.17, 15) is 0 Å². The van der Waals surface area contributed by atoms with Crippen LogP contribution in [0.25, 0.3) is 55.6 Å². The van der Waals surface area contributed by atoms with E-state index < -0.39 is 0 Å². The van der Waals surface area contributed by atoms with Gasteiger partial charge in [-0.2, -0.15) is 0 Å². The van der Waals surface area contributed by atoms with Gasteiger partial charge in [-0.15, -0.1) is 10.2 Å². The standard InChI is InChI=1S/C33H22N4/c1-34-28-20-11-19-27(23-28)33-36-35-32(26-17-9-4-10-18-26)37(33)31-29(24-13-5-2-6-14-24)21-12-22-30(31)25-15-7-3-8-16-25/h2-23H. The maximum absolute atomic E-state index is 7.54. The Kier molecular flexibility index (Phi) is 5.86. The van der Waals surface area contributed by atoms with E-state index in [1.54, 1.807) is 0 Å². The smallest absolute Gasteiger partial charge is 0.187 e. The summed E-state index contributed by atoms with van der Waals surface area (Å²) in [6.45, 7) is 7.54. The van der Waals surface area contributed by atoms with Crippen molar-refractivity contribution in [3.05, 3.63) is 145 Å². The van der Waals surface area contributed by atoms with Crippen molar-refractivity contribution in [3.63, 3.8) is 0 Å². The summed E-state index contributed by atoms with van der Waals surface area (Å²) < 4.78 is 2.14. The lowest BCUT2D eigenvalue weighted by atomic mass is 9.95. The molecule has 0 fully saturated rings. The fourth-order valence-electron chi connectivity index (χ4n) is 4.66. The Balaban J connectivity index is 1.74. The number of nitrogens with zero attached hydrogens (tertiary/aromatic N) is 4. The number of aromatic nitrogens is 3. The molecule has 0 saturated carbocycles. The summed E-state index contributed by atoms with van der Waals surface area (Å²) >= 11 is 0. The first-order chi connectivity index (χ1) is 18.3. The van der Waals surface area contributed by atoms with Gasteiger partial charge in [-0.05, 0) is 17.2 Å². The molecule has 37 heavy (non-hydrogen) atoms.